The third kappa shape index (κ3) is 4.72. The Morgan fingerprint density at radius 1 is 1.10 bits per heavy atom. The normalized spacial score (nSPS) is 12.2. The van der Waals surface area contributed by atoms with Gasteiger partial charge in [0.05, 0.1) is 29.3 Å². The number of thiazole rings is 1. The van der Waals surface area contributed by atoms with Gasteiger partial charge in [0.1, 0.15) is 5.01 Å². The van der Waals surface area contributed by atoms with Crippen LogP contribution in [0, 0.1) is 6.92 Å². The average Bonchev–Trinajstić information content (AvgIpc) is 3.38. The molecule has 6 heteroatoms. The van der Waals surface area contributed by atoms with Crippen LogP contribution in [0.25, 0.3) is 10.2 Å². The van der Waals surface area contributed by atoms with Crippen molar-refractivity contribution in [2.75, 3.05) is 13.6 Å². The second kappa shape index (κ2) is 8.86. The fourth-order valence-corrected chi connectivity index (χ4v) is 5.05. The van der Waals surface area contributed by atoms with Crippen LogP contribution >= 0.6 is 22.7 Å². The molecule has 4 nitrogen and oxygen atoms in total. The summed E-state index contributed by atoms with van der Waals surface area (Å²) in [6, 6.07) is 20.7. The minimum atomic E-state index is 0.00963. The Labute approximate surface area is 178 Å². The fraction of sp³-hybridized carbons (Fsp3) is 0.217. The molecule has 2 heterocycles. The summed E-state index contributed by atoms with van der Waals surface area (Å²) in [4.78, 5) is 20.3. The van der Waals surface area contributed by atoms with Gasteiger partial charge in [-0.25, -0.2) is 4.98 Å². The number of carbonyl (C=O) groups excluding carboxylic acids is 1. The van der Waals surface area contributed by atoms with Crippen molar-refractivity contribution < 1.29 is 4.79 Å². The molecule has 0 aliphatic carbocycles. The van der Waals surface area contributed by atoms with E-state index in [1.165, 1.54) is 16.0 Å². The molecule has 0 saturated heterocycles. The van der Waals surface area contributed by atoms with E-state index in [9.17, 15) is 4.79 Å². The monoisotopic (exact) mass is 421 g/mol. The lowest BCUT2D eigenvalue weighted by Crippen LogP contribution is -2.36. The molecule has 148 valence electrons. The van der Waals surface area contributed by atoms with Gasteiger partial charge in [-0.05, 0) is 36.1 Å². The zero-order chi connectivity index (χ0) is 20.2. The Kier molecular flexibility index (Phi) is 6.04. The number of aromatic nitrogens is 1. The Balaban J connectivity index is 1.42. The van der Waals surface area contributed by atoms with Crippen molar-refractivity contribution in [3.63, 3.8) is 0 Å². The van der Waals surface area contributed by atoms with Crippen LogP contribution in [0.2, 0.25) is 0 Å². The largest absolute Gasteiger partial charge is 0.338 e. The molecule has 29 heavy (non-hydrogen) atoms. The van der Waals surface area contributed by atoms with Crippen LogP contribution in [0.1, 0.15) is 27.1 Å². The van der Waals surface area contributed by atoms with Gasteiger partial charge in [0, 0.05) is 11.9 Å². The quantitative estimate of drug-likeness (QED) is 0.457. The van der Waals surface area contributed by atoms with Crippen molar-refractivity contribution in [1.82, 2.24) is 15.2 Å². The zero-order valence-corrected chi connectivity index (χ0v) is 18.1. The van der Waals surface area contributed by atoms with Crippen LogP contribution in [0.3, 0.4) is 0 Å². The lowest BCUT2D eigenvalue weighted by molar-refractivity contribution is -0.129. The van der Waals surface area contributed by atoms with Crippen LogP contribution in [0.4, 0.5) is 0 Å². The maximum atomic E-state index is 12.8. The molecule has 0 aliphatic heterocycles. The van der Waals surface area contributed by atoms with Crippen LogP contribution in [0.5, 0.6) is 0 Å². The summed E-state index contributed by atoms with van der Waals surface area (Å²) in [5.74, 6) is 0.0536. The maximum absolute atomic E-state index is 12.8. The summed E-state index contributed by atoms with van der Waals surface area (Å²) in [7, 11) is 1.84. The number of hydrogen-bond donors (Lipinski definition) is 1. The Hall–Kier alpha value is -2.54. The zero-order valence-electron chi connectivity index (χ0n) is 16.5. The summed E-state index contributed by atoms with van der Waals surface area (Å²) in [5, 5.41) is 6.48. The summed E-state index contributed by atoms with van der Waals surface area (Å²) >= 11 is 3.34. The SMILES string of the molecule is Cc1ccc([C@@H](NCC(=O)N(C)Cc2nc3ccccc3s2)c2cccs2)cc1. The number of benzene rings is 2. The maximum Gasteiger partial charge on any atom is 0.236 e. The van der Waals surface area contributed by atoms with Crippen LogP contribution in [-0.4, -0.2) is 29.4 Å². The molecule has 0 unspecified atom stereocenters. The van der Waals surface area contributed by atoms with E-state index in [1.54, 1.807) is 27.6 Å². The molecular weight excluding hydrogens is 398 g/mol. The van der Waals surface area contributed by atoms with Crippen molar-refractivity contribution in [1.29, 1.82) is 0 Å². The summed E-state index contributed by atoms with van der Waals surface area (Å²) in [6.07, 6.45) is 0. The Morgan fingerprint density at radius 3 is 2.62 bits per heavy atom. The van der Waals surface area contributed by atoms with Crippen LogP contribution in [0.15, 0.2) is 66.0 Å². The summed E-state index contributed by atoms with van der Waals surface area (Å²) in [5.41, 5.74) is 3.38. The van der Waals surface area contributed by atoms with E-state index < -0.39 is 0 Å². The number of nitrogens with one attached hydrogen (secondary N) is 1. The van der Waals surface area contributed by atoms with E-state index in [1.807, 2.05) is 31.3 Å². The molecule has 1 amide bonds. The molecule has 0 aliphatic rings. The number of nitrogens with zero attached hydrogens (tertiary/aromatic N) is 2. The van der Waals surface area contributed by atoms with E-state index in [0.29, 0.717) is 6.54 Å². The van der Waals surface area contributed by atoms with E-state index in [-0.39, 0.29) is 18.5 Å². The van der Waals surface area contributed by atoms with Crippen molar-refractivity contribution >= 4 is 38.8 Å². The van der Waals surface area contributed by atoms with Crippen LogP contribution in [-0.2, 0) is 11.3 Å². The Morgan fingerprint density at radius 2 is 1.90 bits per heavy atom. The van der Waals surface area contributed by atoms with Gasteiger partial charge in [-0.2, -0.15) is 0 Å². The topological polar surface area (TPSA) is 45.2 Å². The molecule has 1 atom stereocenters. The van der Waals surface area contributed by atoms with Gasteiger partial charge < -0.3 is 4.90 Å². The fourth-order valence-electron chi connectivity index (χ4n) is 3.20. The van der Waals surface area contributed by atoms with Crippen LogP contribution < -0.4 is 5.32 Å². The lowest BCUT2D eigenvalue weighted by atomic mass is 10.0. The second-order valence-corrected chi connectivity index (χ2v) is 9.16. The highest BCUT2D eigenvalue weighted by molar-refractivity contribution is 7.18. The van der Waals surface area contributed by atoms with Crippen molar-refractivity contribution in [2.45, 2.75) is 19.5 Å². The number of rotatable bonds is 7. The highest BCUT2D eigenvalue weighted by Gasteiger charge is 2.18. The number of amides is 1. The number of hydrogen-bond acceptors (Lipinski definition) is 5. The van der Waals surface area contributed by atoms with Crippen molar-refractivity contribution in [2.24, 2.45) is 0 Å². The molecule has 1 N–H and O–H groups in total. The third-order valence-corrected chi connectivity index (χ3v) is 6.79. The third-order valence-electron chi connectivity index (χ3n) is 4.83. The first-order chi connectivity index (χ1) is 14.1. The lowest BCUT2D eigenvalue weighted by Gasteiger charge is -2.21. The first kappa shape index (κ1) is 19.8. The highest BCUT2D eigenvalue weighted by Crippen LogP contribution is 2.26. The molecular formula is C23H23N3OS2. The molecule has 2 aromatic heterocycles. The van der Waals surface area contributed by atoms with Gasteiger partial charge in [-0.1, -0.05) is 48.0 Å². The smallest absolute Gasteiger partial charge is 0.236 e. The second-order valence-electron chi connectivity index (χ2n) is 7.07. The summed E-state index contributed by atoms with van der Waals surface area (Å²) in [6.45, 7) is 2.88. The van der Waals surface area contributed by atoms with Gasteiger partial charge in [0.15, 0.2) is 0 Å². The molecule has 0 fully saturated rings. The number of carbonyl (C=O) groups is 1. The molecule has 2 aromatic carbocycles. The number of fused-ring (bicyclic) bond motifs is 1. The van der Waals surface area contributed by atoms with Crippen molar-refractivity contribution in [3.8, 4) is 0 Å². The minimum absolute atomic E-state index is 0.00963. The van der Waals surface area contributed by atoms with Gasteiger partial charge in [0.25, 0.3) is 0 Å². The molecule has 0 bridgehead atoms. The number of thiophene rings is 1. The first-order valence-electron chi connectivity index (χ1n) is 9.52. The van der Waals surface area contributed by atoms with Crippen molar-refractivity contribution in [3.05, 3.63) is 87.1 Å². The summed E-state index contributed by atoms with van der Waals surface area (Å²) < 4.78 is 1.15. The van der Waals surface area contributed by atoms with Gasteiger partial charge >= 0.3 is 0 Å². The molecule has 4 aromatic rings. The molecule has 0 radical (unpaired) electrons. The van der Waals surface area contributed by atoms with Gasteiger partial charge in [-0.3, -0.25) is 10.1 Å². The number of para-hydroxylation sites is 1. The predicted octanol–water partition coefficient (Wildman–Crippen LogP) is 5.00. The standard InChI is InChI=1S/C23H23N3OS2/c1-16-9-11-17(12-10-16)23(20-8-5-13-28-20)24-14-22(27)26(2)15-21-25-18-6-3-4-7-19(18)29-21/h3-13,23-24H,14-15H2,1-2H3/t23-/m1/s1. The van der Waals surface area contributed by atoms with E-state index >= 15 is 0 Å². The van der Waals surface area contributed by atoms with E-state index in [0.717, 1.165) is 15.2 Å². The highest BCUT2D eigenvalue weighted by atomic mass is 32.1. The van der Waals surface area contributed by atoms with Gasteiger partial charge in [0.2, 0.25) is 5.91 Å². The van der Waals surface area contributed by atoms with E-state index in [4.69, 9.17) is 0 Å². The molecule has 0 saturated carbocycles. The number of aryl methyl sites for hydroxylation is 1. The molecule has 0 spiro atoms. The van der Waals surface area contributed by atoms with E-state index in [2.05, 4.69) is 59.0 Å². The first-order valence-corrected chi connectivity index (χ1v) is 11.2. The minimum Gasteiger partial charge on any atom is -0.338 e. The van der Waals surface area contributed by atoms with Gasteiger partial charge in [-0.15, -0.1) is 22.7 Å². The average molecular weight is 422 g/mol. The number of likely N-dealkylation sites (N-methyl/N-ethyl adjacent to an activating group) is 1. The predicted molar refractivity (Wildman–Crippen MR) is 121 cm³/mol. The Bertz CT molecular complexity index is 1050. The molecule has 4 rings (SSSR count).